The number of thioether (sulfide) groups is 1. The lowest BCUT2D eigenvalue weighted by Gasteiger charge is -2.04. The summed E-state index contributed by atoms with van der Waals surface area (Å²) in [5, 5.41) is 0.942. The van der Waals surface area contributed by atoms with Crippen LogP contribution in [-0.4, -0.2) is 17.5 Å². The monoisotopic (exact) mass is 171 g/mol. The first kappa shape index (κ1) is 9.14. The van der Waals surface area contributed by atoms with E-state index in [2.05, 4.69) is 17.8 Å². The molecule has 0 aliphatic heterocycles. The normalized spacial score (nSPS) is 20.1. The van der Waals surface area contributed by atoms with Gasteiger partial charge < -0.3 is 5.73 Å². The van der Waals surface area contributed by atoms with Crippen LogP contribution in [0.3, 0.4) is 0 Å². The van der Waals surface area contributed by atoms with Gasteiger partial charge in [-0.25, -0.2) is 0 Å². The van der Waals surface area contributed by atoms with Crippen LogP contribution in [0, 0.1) is 0 Å². The second-order valence-electron chi connectivity index (χ2n) is 2.95. The number of nitrogens with two attached hydrogens (primary N) is 1. The smallest absolute Gasteiger partial charge is 0.0116 e. The molecule has 0 saturated heterocycles. The molecule has 0 spiro atoms. The molecule has 64 valence electrons. The van der Waals surface area contributed by atoms with Crippen molar-refractivity contribution >= 4 is 11.8 Å². The second kappa shape index (κ2) is 5.67. The zero-order valence-corrected chi connectivity index (χ0v) is 7.78. The minimum atomic E-state index is 0.686. The summed E-state index contributed by atoms with van der Waals surface area (Å²) >= 11 is 2.08. The lowest BCUT2D eigenvalue weighted by atomic mass is 10.4. The standard InChI is InChI=1S/C9H17NS/c10-7-3-4-8-11-9-5-1-2-6-9/h3-4,9H,1-2,5-8,10H2/b4-3+. The molecule has 2 heteroatoms. The molecular weight excluding hydrogens is 154 g/mol. The fourth-order valence-corrected chi connectivity index (χ4v) is 2.60. The van der Waals surface area contributed by atoms with E-state index in [-0.39, 0.29) is 0 Å². The Kier molecular flexibility index (Phi) is 4.71. The van der Waals surface area contributed by atoms with Crippen molar-refractivity contribution in [2.24, 2.45) is 5.73 Å². The van der Waals surface area contributed by atoms with Gasteiger partial charge in [-0.3, -0.25) is 0 Å². The maximum atomic E-state index is 5.33. The molecule has 0 heterocycles. The Hall–Kier alpha value is 0.0500. The molecule has 1 fully saturated rings. The highest BCUT2D eigenvalue weighted by atomic mass is 32.2. The lowest BCUT2D eigenvalue weighted by Crippen LogP contribution is -1.95. The summed E-state index contributed by atoms with van der Waals surface area (Å²) in [4.78, 5) is 0. The molecular formula is C9H17NS. The van der Waals surface area contributed by atoms with Crippen molar-refractivity contribution in [1.82, 2.24) is 0 Å². The Morgan fingerprint density at radius 2 is 2.00 bits per heavy atom. The predicted octanol–water partition coefficient (Wildman–Crippen LogP) is 2.18. The summed E-state index contributed by atoms with van der Waals surface area (Å²) in [5.74, 6) is 1.15. The molecule has 0 atom stereocenters. The van der Waals surface area contributed by atoms with Crippen LogP contribution in [0.25, 0.3) is 0 Å². The maximum absolute atomic E-state index is 5.33. The van der Waals surface area contributed by atoms with Crippen LogP contribution in [0.5, 0.6) is 0 Å². The van der Waals surface area contributed by atoms with Crippen LogP contribution in [0.2, 0.25) is 0 Å². The molecule has 1 aliphatic carbocycles. The van der Waals surface area contributed by atoms with Gasteiger partial charge in [0.05, 0.1) is 0 Å². The van der Waals surface area contributed by atoms with Gasteiger partial charge in [-0.15, -0.1) is 0 Å². The summed E-state index contributed by atoms with van der Waals surface area (Å²) in [6, 6.07) is 0. The Morgan fingerprint density at radius 3 is 2.64 bits per heavy atom. The van der Waals surface area contributed by atoms with E-state index in [9.17, 15) is 0 Å². The zero-order chi connectivity index (χ0) is 7.94. The molecule has 0 amide bonds. The Labute approximate surface area is 73.4 Å². The number of hydrogen-bond acceptors (Lipinski definition) is 2. The Balaban J connectivity index is 1.97. The first-order valence-electron chi connectivity index (χ1n) is 4.40. The third kappa shape index (κ3) is 3.82. The van der Waals surface area contributed by atoms with Crippen molar-refractivity contribution in [2.45, 2.75) is 30.9 Å². The number of hydrogen-bond donors (Lipinski definition) is 1. The van der Waals surface area contributed by atoms with E-state index in [1.165, 1.54) is 25.7 Å². The highest BCUT2D eigenvalue weighted by Gasteiger charge is 2.13. The predicted molar refractivity (Wildman–Crippen MR) is 52.9 cm³/mol. The molecule has 0 aromatic rings. The van der Waals surface area contributed by atoms with Crippen LogP contribution in [0.15, 0.2) is 12.2 Å². The topological polar surface area (TPSA) is 26.0 Å². The summed E-state index contributed by atoms with van der Waals surface area (Å²) in [6.45, 7) is 0.686. The summed E-state index contributed by atoms with van der Waals surface area (Å²) in [5.41, 5.74) is 5.33. The third-order valence-electron chi connectivity index (χ3n) is 2.03. The van der Waals surface area contributed by atoms with E-state index < -0.39 is 0 Å². The SMILES string of the molecule is NC/C=C/CSC1CCCC1. The van der Waals surface area contributed by atoms with Crippen LogP contribution in [0.4, 0.5) is 0 Å². The molecule has 2 N–H and O–H groups in total. The fourth-order valence-electron chi connectivity index (χ4n) is 1.41. The summed E-state index contributed by atoms with van der Waals surface area (Å²) in [6.07, 6.45) is 9.98. The highest BCUT2D eigenvalue weighted by Crippen LogP contribution is 2.29. The van der Waals surface area contributed by atoms with E-state index >= 15 is 0 Å². The van der Waals surface area contributed by atoms with Crippen LogP contribution >= 0.6 is 11.8 Å². The zero-order valence-electron chi connectivity index (χ0n) is 6.96. The molecule has 1 saturated carbocycles. The van der Waals surface area contributed by atoms with E-state index in [1.54, 1.807) is 0 Å². The van der Waals surface area contributed by atoms with Crippen molar-refractivity contribution in [2.75, 3.05) is 12.3 Å². The van der Waals surface area contributed by atoms with Crippen molar-refractivity contribution in [3.63, 3.8) is 0 Å². The average Bonchev–Trinajstić information content (AvgIpc) is 2.50. The fraction of sp³-hybridized carbons (Fsp3) is 0.778. The minimum Gasteiger partial charge on any atom is -0.327 e. The molecule has 0 unspecified atom stereocenters. The molecule has 1 rings (SSSR count). The van der Waals surface area contributed by atoms with Gasteiger partial charge in [0.1, 0.15) is 0 Å². The van der Waals surface area contributed by atoms with Crippen LogP contribution in [-0.2, 0) is 0 Å². The maximum Gasteiger partial charge on any atom is 0.0116 e. The van der Waals surface area contributed by atoms with Gasteiger partial charge in [0, 0.05) is 17.5 Å². The molecule has 0 aromatic carbocycles. The third-order valence-corrected chi connectivity index (χ3v) is 3.36. The largest absolute Gasteiger partial charge is 0.327 e. The van der Waals surface area contributed by atoms with Gasteiger partial charge >= 0.3 is 0 Å². The van der Waals surface area contributed by atoms with Gasteiger partial charge in [0.25, 0.3) is 0 Å². The minimum absolute atomic E-state index is 0.686. The second-order valence-corrected chi connectivity index (χ2v) is 4.28. The van der Waals surface area contributed by atoms with Gasteiger partial charge in [-0.2, -0.15) is 11.8 Å². The van der Waals surface area contributed by atoms with Gasteiger partial charge in [0.2, 0.25) is 0 Å². The van der Waals surface area contributed by atoms with E-state index in [1.807, 2.05) is 6.08 Å². The quantitative estimate of drug-likeness (QED) is 0.656. The van der Waals surface area contributed by atoms with Crippen molar-refractivity contribution in [1.29, 1.82) is 0 Å². The van der Waals surface area contributed by atoms with Crippen molar-refractivity contribution < 1.29 is 0 Å². The Morgan fingerprint density at radius 1 is 1.27 bits per heavy atom. The van der Waals surface area contributed by atoms with Gasteiger partial charge in [-0.05, 0) is 12.8 Å². The Bertz CT molecular complexity index is 117. The first-order valence-corrected chi connectivity index (χ1v) is 5.45. The van der Waals surface area contributed by atoms with Crippen LogP contribution in [0.1, 0.15) is 25.7 Å². The highest BCUT2D eigenvalue weighted by molar-refractivity contribution is 8.00. The molecule has 0 bridgehead atoms. The molecule has 1 nitrogen and oxygen atoms in total. The number of rotatable bonds is 4. The molecule has 1 aliphatic rings. The van der Waals surface area contributed by atoms with Crippen molar-refractivity contribution in [3.05, 3.63) is 12.2 Å². The van der Waals surface area contributed by atoms with Gasteiger partial charge in [0.15, 0.2) is 0 Å². The van der Waals surface area contributed by atoms with E-state index in [0.29, 0.717) is 6.54 Å². The average molecular weight is 171 g/mol. The first-order chi connectivity index (χ1) is 5.43. The van der Waals surface area contributed by atoms with Crippen molar-refractivity contribution in [3.8, 4) is 0 Å². The summed E-state index contributed by atoms with van der Waals surface area (Å²) < 4.78 is 0. The van der Waals surface area contributed by atoms with E-state index in [4.69, 9.17) is 5.73 Å². The van der Waals surface area contributed by atoms with E-state index in [0.717, 1.165) is 11.0 Å². The van der Waals surface area contributed by atoms with Gasteiger partial charge in [-0.1, -0.05) is 25.0 Å². The molecule has 11 heavy (non-hydrogen) atoms. The molecule has 0 aromatic heterocycles. The lowest BCUT2D eigenvalue weighted by molar-refractivity contribution is 0.886. The summed E-state index contributed by atoms with van der Waals surface area (Å²) in [7, 11) is 0. The van der Waals surface area contributed by atoms with Crippen LogP contribution < -0.4 is 5.73 Å². The molecule has 0 radical (unpaired) electrons.